The summed E-state index contributed by atoms with van der Waals surface area (Å²) in [5, 5.41) is 4.02. The predicted molar refractivity (Wildman–Crippen MR) is 63.7 cm³/mol. The smallest absolute Gasteiger partial charge is 0.148 e. The average Bonchev–Trinajstić information content (AvgIpc) is 2.49. The van der Waals surface area contributed by atoms with Gasteiger partial charge in [0, 0.05) is 24.0 Å². The van der Waals surface area contributed by atoms with Crippen molar-refractivity contribution in [3.05, 3.63) is 12.3 Å². The summed E-state index contributed by atoms with van der Waals surface area (Å²) in [4.78, 5) is 0. The molecule has 15 heavy (non-hydrogen) atoms. The number of hydrogen-bond acceptors (Lipinski definition) is 5. The lowest BCUT2D eigenvalue weighted by atomic mass is 10.7. The standard InChI is InChI=1S/C8H15N3O2S2/c1-15(12,13)7-6-14-5-4-11-3-2-8(9)10-11/h2-3H,4-7H2,1H3,(H2,9,10). The molecule has 0 aromatic carbocycles. The number of anilines is 1. The molecule has 1 heterocycles. The van der Waals surface area contributed by atoms with Gasteiger partial charge >= 0.3 is 0 Å². The number of nitrogens with zero attached hydrogens (tertiary/aromatic N) is 2. The van der Waals surface area contributed by atoms with Crippen LogP contribution < -0.4 is 5.73 Å². The summed E-state index contributed by atoms with van der Waals surface area (Å²) in [6.45, 7) is 0.756. The lowest BCUT2D eigenvalue weighted by Gasteiger charge is -2.01. The Morgan fingerprint density at radius 1 is 1.53 bits per heavy atom. The van der Waals surface area contributed by atoms with Crippen LogP contribution in [0.25, 0.3) is 0 Å². The fraction of sp³-hybridized carbons (Fsp3) is 0.625. The van der Waals surface area contributed by atoms with E-state index in [0.29, 0.717) is 11.6 Å². The summed E-state index contributed by atoms with van der Waals surface area (Å²) in [6.07, 6.45) is 3.06. The molecule has 1 aromatic rings. The van der Waals surface area contributed by atoms with E-state index in [1.165, 1.54) is 6.26 Å². The predicted octanol–water partition coefficient (Wildman–Crippen LogP) is 0.243. The van der Waals surface area contributed by atoms with Crippen molar-refractivity contribution in [2.24, 2.45) is 0 Å². The lowest BCUT2D eigenvalue weighted by molar-refractivity contribution is 0.603. The van der Waals surface area contributed by atoms with Gasteiger partial charge in [0.15, 0.2) is 0 Å². The molecule has 0 atom stereocenters. The zero-order chi connectivity index (χ0) is 11.3. The minimum atomic E-state index is -2.83. The van der Waals surface area contributed by atoms with E-state index in [4.69, 9.17) is 5.73 Å². The molecular weight excluding hydrogens is 234 g/mol. The van der Waals surface area contributed by atoms with E-state index >= 15 is 0 Å². The van der Waals surface area contributed by atoms with Crippen LogP contribution >= 0.6 is 11.8 Å². The fourth-order valence-electron chi connectivity index (χ4n) is 0.972. The Morgan fingerprint density at radius 2 is 2.27 bits per heavy atom. The first-order valence-corrected chi connectivity index (χ1v) is 7.73. The molecule has 2 N–H and O–H groups in total. The first-order valence-electron chi connectivity index (χ1n) is 4.52. The molecule has 1 rings (SSSR count). The summed E-state index contributed by atoms with van der Waals surface area (Å²) in [7, 11) is -2.83. The van der Waals surface area contributed by atoms with Gasteiger partial charge in [0.2, 0.25) is 0 Å². The summed E-state index contributed by atoms with van der Waals surface area (Å²) < 4.78 is 23.4. The Labute approximate surface area is 94.0 Å². The van der Waals surface area contributed by atoms with Gasteiger partial charge in [0.1, 0.15) is 15.7 Å². The quantitative estimate of drug-likeness (QED) is 0.731. The number of rotatable bonds is 6. The van der Waals surface area contributed by atoms with E-state index in [1.807, 2.05) is 6.20 Å². The van der Waals surface area contributed by atoms with Gasteiger partial charge in [-0.2, -0.15) is 16.9 Å². The second kappa shape index (κ2) is 5.41. The van der Waals surface area contributed by atoms with Gasteiger partial charge in [-0.25, -0.2) is 8.42 Å². The Kier molecular flexibility index (Phi) is 4.46. The number of sulfone groups is 1. The highest BCUT2D eigenvalue weighted by molar-refractivity contribution is 8.00. The van der Waals surface area contributed by atoms with Crippen molar-refractivity contribution < 1.29 is 8.42 Å². The van der Waals surface area contributed by atoms with Crippen molar-refractivity contribution in [3.8, 4) is 0 Å². The van der Waals surface area contributed by atoms with Crippen LogP contribution in [0.1, 0.15) is 0 Å². The van der Waals surface area contributed by atoms with Gasteiger partial charge in [-0.05, 0) is 6.07 Å². The highest BCUT2D eigenvalue weighted by atomic mass is 32.2. The van der Waals surface area contributed by atoms with Gasteiger partial charge < -0.3 is 5.73 Å². The number of nitrogen functional groups attached to an aromatic ring is 1. The van der Waals surface area contributed by atoms with Crippen LogP contribution in [0, 0.1) is 0 Å². The maximum Gasteiger partial charge on any atom is 0.148 e. The molecule has 1 aromatic heterocycles. The molecule has 0 amide bonds. The highest BCUT2D eigenvalue weighted by Crippen LogP contribution is 2.03. The van der Waals surface area contributed by atoms with Crippen LogP contribution in [-0.4, -0.2) is 41.7 Å². The fourth-order valence-corrected chi connectivity index (χ4v) is 3.18. The molecule has 0 bridgehead atoms. The molecule has 0 radical (unpaired) electrons. The third kappa shape index (κ3) is 5.68. The zero-order valence-corrected chi connectivity index (χ0v) is 10.2. The highest BCUT2D eigenvalue weighted by Gasteiger charge is 2.01. The van der Waals surface area contributed by atoms with E-state index in [9.17, 15) is 8.42 Å². The molecule has 7 heteroatoms. The molecule has 0 aliphatic carbocycles. The Balaban J connectivity index is 2.12. The van der Waals surface area contributed by atoms with Crippen molar-refractivity contribution in [1.82, 2.24) is 9.78 Å². The van der Waals surface area contributed by atoms with Crippen LogP contribution in [0.4, 0.5) is 5.82 Å². The molecule has 0 spiro atoms. The first kappa shape index (κ1) is 12.4. The van der Waals surface area contributed by atoms with Crippen molar-refractivity contribution in [1.29, 1.82) is 0 Å². The van der Waals surface area contributed by atoms with Crippen molar-refractivity contribution >= 4 is 27.4 Å². The van der Waals surface area contributed by atoms with Gasteiger partial charge in [-0.1, -0.05) is 0 Å². The van der Waals surface area contributed by atoms with E-state index in [-0.39, 0.29) is 5.75 Å². The number of aryl methyl sites for hydroxylation is 1. The molecular formula is C8H15N3O2S2. The summed E-state index contributed by atoms with van der Waals surface area (Å²) >= 11 is 1.60. The summed E-state index contributed by atoms with van der Waals surface area (Å²) in [5.41, 5.74) is 5.45. The molecule has 5 nitrogen and oxygen atoms in total. The van der Waals surface area contributed by atoms with E-state index in [2.05, 4.69) is 5.10 Å². The van der Waals surface area contributed by atoms with Crippen LogP contribution in [0.5, 0.6) is 0 Å². The van der Waals surface area contributed by atoms with Crippen LogP contribution in [0.3, 0.4) is 0 Å². The second-order valence-electron chi connectivity index (χ2n) is 3.25. The van der Waals surface area contributed by atoms with Crippen LogP contribution in [-0.2, 0) is 16.4 Å². The van der Waals surface area contributed by atoms with E-state index in [0.717, 1.165) is 12.3 Å². The third-order valence-corrected chi connectivity index (χ3v) is 3.89. The molecule has 0 saturated carbocycles. The number of thioether (sulfide) groups is 1. The first-order chi connectivity index (χ1) is 6.97. The Hall–Kier alpha value is -0.690. The molecule has 0 saturated heterocycles. The average molecular weight is 249 g/mol. The lowest BCUT2D eigenvalue weighted by Crippen LogP contribution is -2.07. The monoisotopic (exact) mass is 249 g/mol. The minimum absolute atomic E-state index is 0.235. The number of hydrogen-bond donors (Lipinski definition) is 1. The maximum atomic E-state index is 10.8. The number of aromatic nitrogens is 2. The molecule has 86 valence electrons. The number of nitrogens with two attached hydrogens (primary N) is 1. The SMILES string of the molecule is CS(=O)(=O)CCSCCn1ccc(N)n1. The van der Waals surface area contributed by atoms with Gasteiger partial charge in [-0.3, -0.25) is 4.68 Å². The van der Waals surface area contributed by atoms with Gasteiger partial charge in [0.05, 0.1) is 12.3 Å². The second-order valence-corrected chi connectivity index (χ2v) is 6.73. The Bertz CT molecular complexity index is 400. The summed E-state index contributed by atoms with van der Waals surface area (Å²) in [6, 6.07) is 1.74. The zero-order valence-electron chi connectivity index (χ0n) is 8.59. The van der Waals surface area contributed by atoms with Gasteiger partial charge in [-0.15, -0.1) is 0 Å². The molecule has 0 unspecified atom stereocenters. The Morgan fingerprint density at radius 3 is 2.80 bits per heavy atom. The van der Waals surface area contributed by atoms with Crippen LogP contribution in [0.2, 0.25) is 0 Å². The molecule has 0 aliphatic rings. The minimum Gasteiger partial charge on any atom is -0.382 e. The topological polar surface area (TPSA) is 78.0 Å². The van der Waals surface area contributed by atoms with Gasteiger partial charge in [0.25, 0.3) is 0 Å². The molecule has 0 aliphatic heterocycles. The summed E-state index contributed by atoms with van der Waals surface area (Å²) in [5.74, 6) is 2.22. The third-order valence-electron chi connectivity index (χ3n) is 1.72. The van der Waals surface area contributed by atoms with Crippen molar-refractivity contribution in [2.75, 3.05) is 29.2 Å². The largest absolute Gasteiger partial charge is 0.382 e. The van der Waals surface area contributed by atoms with Crippen LogP contribution in [0.15, 0.2) is 12.3 Å². The normalized spacial score (nSPS) is 11.8. The maximum absolute atomic E-state index is 10.8. The molecule has 0 fully saturated rings. The van der Waals surface area contributed by atoms with E-state index in [1.54, 1.807) is 22.5 Å². The van der Waals surface area contributed by atoms with E-state index < -0.39 is 9.84 Å². The van der Waals surface area contributed by atoms with Crippen molar-refractivity contribution in [2.45, 2.75) is 6.54 Å². The van der Waals surface area contributed by atoms with Crippen molar-refractivity contribution in [3.63, 3.8) is 0 Å².